The molecule has 0 radical (unpaired) electrons. The first-order chi connectivity index (χ1) is 10.7. The normalized spacial score (nSPS) is 10.7. The molecule has 4 heteroatoms. The molecule has 0 unspecified atom stereocenters. The van der Waals surface area contributed by atoms with Gasteiger partial charge in [0, 0.05) is 34.6 Å². The molecule has 0 atom stereocenters. The van der Waals surface area contributed by atoms with Gasteiger partial charge in [0.25, 0.3) is 0 Å². The Morgan fingerprint density at radius 2 is 1.77 bits per heavy atom. The van der Waals surface area contributed by atoms with Crippen molar-refractivity contribution < 1.29 is 9.47 Å². The van der Waals surface area contributed by atoms with Crippen molar-refractivity contribution in [2.24, 2.45) is 0 Å². The van der Waals surface area contributed by atoms with Gasteiger partial charge in [-0.15, -0.1) is 0 Å². The summed E-state index contributed by atoms with van der Waals surface area (Å²) in [6, 6.07) is 13.8. The molecule has 0 saturated carbocycles. The molecular formula is C18H16ClNO2. The molecular weight excluding hydrogens is 298 g/mol. The number of pyridine rings is 1. The molecule has 1 heterocycles. The van der Waals surface area contributed by atoms with Crippen molar-refractivity contribution in [1.29, 1.82) is 0 Å². The minimum atomic E-state index is 0.631. The summed E-state index contributed by atoms with van der Waals surface area (Å²) in [7, 11) is 3.37. The Morgan fingerprint density at radius 1 is 1.00 bits per heavy atom. The summed E-state index contributed by atoms with van der Waals surface area (Å²) in [5.41, 5.74) is 1.97. The first kappa shape index (κ1) is 14.7. The molecule has 22 heavy (non-hydrogen) atoms. The number of methoxy groups -OCH3 is 2. The fourth-order valence-electron chi connectivity index (χ4n) is 2.62. The number of hydrogen-bond donors (Lipinski definition) is 0. The summed E-state index contributed by atoms with van der Waals surface area (Å²) >= 11 is 5.89. The SMILES string of the molecule is COc1cc(Cc2ccc(Cl)cn2)c(OC)c2ccccc12. The number of nitrogens with zero attached hydrogens (tertiary/aromatic N) is 1. The van der Waals surface area contributed by atoms with E-state index in [1.54, 1.807) is 20.4 Å². The van der Waals surface area contributed by atoms with Crippen LogP contribution in [0.4, 0.5) is 0 Å². The van der Waals surface area contributed by atoms with E-state index in [0.29, 0.717) is 11.4 Å². The molecule has 0 spiro atoms. The average Bonchev–Trinajstić information content (AvgIpc) is 2.56. The van der Waals surface area contributed by atoms with E-state index >= 15 is 0 Å². The predicted octanol–water partition coefficient (Wildman–Crippen LogP) is 4.50. The zero-order valence-electron chi connectivity index (χ0n) is 12.5. The van der Waals surface area contributed by atoms with Gasteiger partial charge in [0.2, 0.25) is 0 Å². The first-order valence-corrected chi connectivity index (χ1v) is 7.33. The van der Waals surface area contributed by atoms with Crippen LogP contribution < -0.4 is 9.47 Å². The highest BCUT2D eigenvalue weighted by Crippen LogP contribution is 2.37. The smallest absolute Gasteiger partial charge is 0.130 e. The van der Waals surface area contributed by atoms with Crippen LogP contribution in [0.25, 0.3) is 10.8 Å². The standard InChI is InChI=1S/C18H16ClNO2/c1-21-17-10-12(9-14-8-7-13(19)11-20-14)18(22-2)16-6-4-3-5-15(16)17/h3-8,10-11H,9H2,1-2H3. The third-order valence-electron chi connectivity index (χ3n) is 3.62. The van der Waals surface area contributed by atoms with Crippen LogP contribution in [0.2, 0.25) is 5.02 Å². The molecule has 1 aromatic heterocycles. The summed E-state index contributed by atoms with van der Waals surface area (Å²) in [5.74, 6) is 1.69. The van der Waals surface area contributed by atoms with Crippen LogP contribution >= 0.6 is 11.6 Å². The molecule has 0 saturated heterocycles. The molecule has 0 aliphatic rings. The molecule has 0 bridgehead atoms. The molecule has 0 aliphatic heterocycles. The summed E-state index contributed by atoms with van der Waals surface area (Å²) in [6.07, 6.45) is 2.31. The van der Waals surface area contributed by atoms with Crippen molar-refractivity contribution in [2.75, 3.05) is 14.2 Å². The maximum absolute atomic E-state index is 5.89. The highest BCUT2D eigenvalue weighted by Gasteiger charge is 2.13. The summed E-state index contributed by atoms with van der Waals surface area (Å²) in [6.45, 7) is 0. The number of halogens is 1. The zero-order valence-corrected chi connectivity index (χ0v) is 13.2. The highest BCUT2D eigenvalue weighted by molar-refractivity contribution is 6.30. The fraction of sp³-hybridized carbons (Fsp3) is 0.167. The number of rotatable bonds is 4. The van der Waals surface area contributed by atoms with E-state index in [0.717, 1.165) is 33.5 Å². The Kier molecular flexibility index (Phi) is 4.16. The Labute approximate surface area is 134 Å². The molecule has 112 valence electrons. The molecule has 0 aliphatic carbocycles. The summed E-state index contributed by atoms with van der Waals surface area (Å²) in [4.78, 5) is 4.36. The van der Waals surface area contributed by atoms with Crippen LogP contribution in [-0.4, -0.2) is 19.2 Å². The molecule has 0 N–H and O–H groups in total. The third kappa shape index (κ3) is 2.72. The van der Waals surface area contributed by atoms with Crippen molar-refractivity contribution in [3.8, 4) is 11.5 Å². The zero-order chi connectivity index (χ0) is 15.5. The topological polar surface area (TPSA) is 31.4 Å². The summed E-state index contributed by atoms with van der Waals surface area (Å²) < 4.78 is 11.2. The monoisotopic (exact) mass is 313 g/mol. The van der Waals surface area contributed by atoms with Gasteiger partial charge >= 0.3 is 0 Å². The van der Waals surface area contributed by atoms with Gasteiger partial charge in [-0.1, -0.05) is 35.9 Å². The molecule has 3 aromatic rings. The number of ether oxygens (including phenoxy) is 2. The van der Waals surface area contributed by atoms with Crippen LogP contribution in [0.1, 0.15) is 11.3 Å². The third-order valence-corrected chi connectivity index (χ3v) is 3.84. The van der Waals surface area contributed by atoms with Crippen molar-refractivity contribution in [2.45, 2.75) is 6.42 Å². The second-order valence-corrected chi connectivity index (χ2v) is 5.40. The van der Waals surface area contributed by atoms with E-state index in [1.807, 2.05) is 42.5 Å². The second-order valence-electron chi connectivity index (χ2n) is 4.96. The lowest BCUT2D eigenvalue weighted by Crippen LogP contribution is -1.98. The van der Waals surface area contributed by atoms with Gasteiger partial charge in [0.05, 0.1) is 19.2 Å². The van der Waals surface area contributed by atoms with E-state index in [4.69, 9.17) is 21.1 Å². The Hall–Kier alpha value is -2.26. The van der Waals surface area contributed by atoms with Gasteiger partial charge in [-0.25, -0.2) is 0 Å². The largest absolute Gasteiger partial charge is 0.496 e. The maximum Gasteiger partial charge on any atom is 0.130 e. The first-order valence-electron chi connectivity index (χ1n) is 6.96. The fourth-order valence-corrected chi connectivity index (χ4v) is 2.73. The van der Waals surface area contributed by atoms with E-state index in [1.165, 1.54) is 0 Å². The van der Waals surface area contributed by atoms with E-state index in [2.05, 4.69) is 4.98 Å². The van der Waals surface area contributed by atoms with Crippen molar-refractivity contribution in [3.63, 3.8) is 0 Å². The lowest BCUT2D eigenvalue weighted by molar-refractivity contribution is 0.407. The van der Waals surface area contributed by atoms with Gasteiger partial charge < -0.3 is 9.47 Å². The van der Waals surface area contributed by atoms with Crippen LogP contribution in [0.5, 0.6) is 11.5 Å². The van der Waals surface area contributed by atoms with Crippen LogP contribution in [0, 0.1) is 0 Å². The highest BCUT2D eigenvalue weighted by atomic mass is 35.5. The summed E-state index contributed by atoms with van der Waals surface area (Å²) in [5, 5.41) is 2.70. The number of aromatic nitrogens is 1. The lowest BCUT2D eigenvalue weighted by atomic mass is 10.0. The Balaban J connectivity index is 2.13. The average molecular weight is 314 g/mol. The van der Waals surface area contributed by atoms with Crippen molar-refractivity contribution in [1.82, 2.24) is 4.98 Å². The van der Waals surface area contributed by atoms with E-state index in [9.17, 15) is 0 Å². The second kappa shape index (κ2) is 6.24. The molecule has 2 aromatic carbocycles. The Bertz CT molecular complexity index is 800. The van der Waals surface area contributed by atoms with Gasteiger partial charge in [-0.3, -0.25) is 4.98 Å². The maximum atomic E-state index is 5.89. The number of fused-ring (bicyclic) bond motifs is 1. The van der Waals surface area contributed by atoms with Crippen LogP contribution in [-0.2, 0) is 6.42 Å². The number of hydrogen-bond acceptors (Lipinski definition) is 3. The van der Waals surface area contributed by atoms with E-state index < -0.39 is 0 Å². The van der Waals surface area contributed by atoms with Crippen molar-refractivity contribution >= 4 is 22.4 Å². The minimum Gasteiger partial charge on any atom is -0.496 e. The molecule has 3 rings (SSSR count). The molecule has 0 amide bonds. The van der Waals surface area contributed by atoms with Gasteiger partial charge in [-0.2, -0.15) is 0 Å². The quantitative estimate of drug-likeness (QED) is 0.711. The minimum absolute atomic E-state index is 0.631. The van der Waals surface area contributed by atoms with Crippen molar-refractivity contribution in [3.05, 3.63) is 64.9 Å². The van der Waals surface area contributed by atoms with Crippen LogP contribution in [0.3, 0.4) is 0 Å². The van der Waals surface area contributed by atoms with Crippen LogP contribution in [0.15, 0.2) is 48.7 Å². The van der Waals surface area contributed by atoms with Gasteiger partial charge in [0.15, 0.2) is 0 Å². The van der Waals surface area contributed by atoms with Gasteiger partial charge in [0.1, 0.15) is 11.5 Å². The molecule has 3 nitrogen and oxygen atoms in total. The predicted molar refractivity (Wildman–Crippen MR) is 89.1 cm³/mol. The van der Waals surface area contributed by atoms with Gasteiger partial charge in [-0.05, 0) is 18.2 Å². The molecule has 0 fully saturated rings. The Morgan fingerprint density at radius 3 is 2.41 bits per heavy atom. The van der Waals surface area contributed by atoms with E-state index in [-0.39, 0.29) is 0 Å². The lowest BCUT2D eigenvalue weighted by Gasteiger charge is -2.15. The number of benzene rings is 2.